The third kappa shape index (κ3) is 4.32. The highest BCUT2D eigenvalue weighted by molar-refractivity contribution is 5.68. The number of amides is 2. The van der Waals surface area contributed by atoms with Crippen molar-refractivity contribution in [3.05, 3.63) is 0 Å². The number of hydrogen-bond acceptors (Lipinski definition) is 4. The van der Waals surface area contributed by atoms with Crippen LogP contribution in [0.1, 0.15) is 89.9 Å². The van der Waals surface area contributed by atoms with Gasteiger partial charge in [0.25, 0.3) is 0 Å². The Bertz CT molecular complexity index is 773. The minimum atomic E-state index is -0.244. The Morgan fingerprint density at radius 1 is 0.528 bits per heavy atom. The van der Waals surface area contributed by atoms with E-state index in [9.17, 15) is 9.59 Å². The summed E-state index contributed by atoms with van der Waals surface area (Å²) < 4.78 is 11.4. The van der Waals surface area contributed by atoms with Crippen molar-refractivity contribution in [1.29, 1.82) is 0 Å². The van der Waals surface area contributed by atoms with Crippen LogP contribution in [0.2, 0.25) is 0 Å². The molecule has 0 aromatic carbocycles. The molecule has 2 N–H and O–H groups in total. The predicted molar refractivity (Wildman–Crippen MR) is 136 cm³/mol. The Morgan fingerprint density at radius 3 is 1.39 bits per heavy atom. The van der Waals surface area contributed by atoms with Gasteiger partial charge in [0, 0.05) is 12.1 Å². The summed E-state index contributed by atoms with van der Waals surface area (Å²) in [6, 6.07) is 0.304. The normalized spacial score (nSPS) is 48.0. The van der Waals surface area contributed by atoms with Crippen molar-refractivity contribution < 1.29 is 19.1 Å². The molecule has 0 aliphatic heterocycles. The number of carbonyl (C=O) groups is 2. The number of fused-ring (bicyclic) bond motifs is 10. The van der Waals surface area contributed by atoms with E-state index < -0.39 is 0 Å². The lowest BCUT2D eigenvalue weighted by Crippen LogP contribution is -2.44. The average molecular weight is 499 g/mol. The van der Waals surface area contributed by atoms with Crippen LogP contribution in [-0.2, 0) is 9.47 Å². The van der Waals surface area contributed by atoms with Crippen molar-refractivity contribution in [1.82, 2.24) is 10.6 Å². The maximum atomic E-state index is 12.5. The van der Waals surface area contributed by atoms with Crippen molar-refractivity contribution in [3.63, 3.8) is 0 Å². The fourth-order valence-electron chi connectivity index (χ4n) is 11.0. The van der Waals surface area contributed by atoms with E-state index in [0.717, 1.165) is 73.0 Å². The van der Waals surface area contributed by atoms with Crippen LogP contribution in [0.15, 0.2) is 0 Å². The second kappa shape index (κ2) is 9.69. The topological polar surface area (TPSA) is 76.7 Å². The Kier molecular flexibility index (Phi) is 6.36. The molecular formula is C30H46N2O4. The summed E-state index contributed by atoms with van der Waals surface area (Å²) in [5, 5.41) is 6.20. The number of ether oxygens (including phenoxy) is 2. The Balaban J connectivity index is 0.781. The van der Waals surface area contributed by atoms with E-state index in [0.29, 0.717) is 25.0 Å². The van der Waals surface area contributed by atoms with Gasteiger partial charge in [0.2, 0.25) is 0 Å². The number of alkyl carbamates (subject to hydrolysis) is 2. The maximum absolute atomic E-state index is 12.5. The van der Waals surface area contributed by atoms with Gasteiger partial charge in [-0.1, -0.05) is 12.8 Å². The molecule has 10 atom stereocenters. The van der Waals surface area contributed by atoms with Gasteiger partial charge in [0.1, 0.15) is 0 Å². The summed E-state index contributed by atoms with van der Waals surface area (Å²) in [6.07, 6.45) is 16.9. The monoisotopic (exact) mass is 498 g/mol. The molecule has 7 aliphatic carbocycles. The highest BCUT2D eigenvalue weighted by Gasteiger charge is 2.55. The fraction of sp³-hybridized carbons (Fsp3) is 0.933. The molecule has 0 aromatic rings. The van der Waals surface area contributed by atoms with Crippen LogP contribution in [0, 0.1) is 59.2 Å². The summed E-state index contributed by atoms with van der Waals surface area (Å²) >= 11 is 0. The Labute approximate surface area is 216 Å². The lowest BCUT2D eigenvalue weighted by atomic mass is 9.76. The molecule has 7 rings (SSSR count). The first-order valence-electron chi connectivity index (χ1n) is 15.5. The lowest BCUT2D eigenvalue weighted by molar-refractivity contribution is 0.0805. The second-order valence-electron chi connectivity index (χ2n) is 13.9. The van der Waals surface area contributed by atoms with Crippen LogP contribution < -0.4 is 10.6 Å². The fourth-order valence-corrected chi connectivity index (χ4v) is 11.0. The predicted octanol–water partition coefficient (Wildman–Crippen LogP) is 5.89. The zero-order chi connectivity index (χ0) is 24.2. The van der Waals surface area contributed by atoms with E-state index in [1.54, 1.807) is 0 Å². The van der Waals surface area contributed by atoms with E-state index in [4.69, 9.17) is 9.47 Å². The zero-order valence-corrected chi connectivity index (χ0v) is 21.9. The summed E-state index contributed by atoms with van der Waals surface area (Å²) in [7, 11) is 0. The van der Waals surface area contributed by atoms with Crippen molar-refractivity contribution in [2.75, 3.05) is 13.2 Å². The number of rotatable bonds is 6. The van der Waals surface area contributed by atoms with Gasteiger partial charge in [-0.2, -0.15) is 0 Å². The summed E-state index contributed by atoms with van der Waals surface area (Å²) in [4.78, 5) is 24.9. The van der Waals surface area contributed by atoms with Crippen LogP contribution in [0.25, 0.3) is 0 Å². The average Bonchev–Trinajstić information content (AvgIpc) is 3.70. The molecule has 6 heteroatoms. The Morgan fingerprint density at radius 2 is 0.944 bits per heavy atom. The third-order valence-electron chi connectivity index (χ3n) is 12.4. The molecule has 0 saturated heterocycles. The number of carbonyl (C=O) groups excluding carboxylic acids is 2. The van der Waals surface area contributed by atoms with E-state index in [1.165, 1.54) is 64.2 Å². The first-order chi connectivity index (χ1) is 17.6. The van der Waals surface area contributed by atoms with Crippen molar-refractivity contribution >= 4 is 12.2 Å². The van der Waals surface area contributed by atoms with Crippen molar-refractivity contribution in [3.8, 4) is 0 Å². The molecule has 6 nitrogen and oxygen atoms in total. The first kappa shape index (κ1) is 23.6. The van der Waals surface area contributed by atoms with Crippen LogP contribution >= 0.6 is 0 Å². The molecule has 0 spiro atoms. The minimum Gasteiger partial charge on any atom is -0.449 e. The molecule has 0 radical (unpaired) electrons. The van der Waals surface area contributed by atoms with Gasteiger partial charge in [0.15, 0.2) is 0 Å². The molecule has 7 aliphatic rings. The van der Waals surface area contributed by atoms with Gasteiger partial charge >= 0.3 is 12.2 Å². The van der Waals surface area contributed by atoms with Crippen LogP contribution in [0.4, 0.5) is 9.59 Å². The Hall–Kier alpha value is -1.46. The van der Waals surface area contributed by atoms with E-state index in [2.05, 4.69) is 10.6 Å². The third-order valence-corrected chi connectivity index (χ3v) is 12.4. The molecule has 10 unspecified atom stereocenters. The van der Waals surface area contributed by atoms with Crippen molar-refractivity contribution in [2.24, 2.45) is 59.2 Å². The molecule has 7 fully saturated rings. The molecule has 0 aromatic heterocycles. The largest absolute Gasteiger partial charge is 0.449 e. The van der Waals surface area contributed by atoms with Gasteiger partial charge in [-0.3, -0.25) is 0 Å². The number of hydrogen-bond donors (Lipinski definition) is 2. The minimum absolute atomic E-state index is 0.152. The van der Waals surface area contributed by atoms with Gasteiger partial charge in [-0.05, 0) is 136 Å². The van der Waals surface area contributed by atoms with Gasteiger partial charge < -0.3 is 20.1 Å². The van der Waals surface area contributed by atoms with Crippen molar-refractivity contribution in [2.45, 2.75) is 102 Å². The summed E-state index contributed by atoms with van der Waals surface area (Å²) in [6.45, 7) is 1.20. The van der Waals surface area contributed by atoms with Gasteiger partial charge in [0.05, 0.1) is 13.2 Å². The van der Waals surface area contributed by atoms with Gasteiger partial charge in [-0.15, -0.1) is 0 Å². The van der Waals surface area contributed by atoms with Crippen LogP contribution in [0.3, 0.4) is 0 Å². The second-order valence-corrected chi connectivity index (χ2v) is 13.9. The molecule has 7 saturated carbocycles. The highest BCUT2D eigenvalue weighted by Crippen LogP contribution is 2.62. The molecule has 2 amide bonds. The van der Waals surface area contributed by atoms with E-state index in [1.807, 2.05) is 0 Å². The van der Waals surface area contributed by atoms with E-state index in [-0.39, 0.29) is 24.3 Å². The molecule has 200 valence electrons. The smallest absolute Gasteiger partial charge is 0.407 e. The lowest BCUT2D eigenvalue weighted by Gasteiger charge is -2.32. The highest BCUT2D eigenvalue weighted by atomic mass is 16.6. The zero-order valence-electron chi connectivity index (χ0n) is 21.9. The molecule has 4 bridgehead atoms. The van der Waals surface area contributed by atoms with Gasteiger partial charge in [-0.25, -0.2) is 9.59 Å². The molecule has 36 heavy (non-hydrogen) atoms. The maximum Gasteiger partial charge on any atom is 0.407 e. The molecular weight excluding hydrogens is 452 g/mol. The SMILES string of the molecule is O=C(NC1CCC(NC(=O)OCC2CC3CC2C2CCCC32)CC1)OCC1CC2CC1C1CCCC21. The number of nitrogens with one attached hydrogen (secondary N) is 2. The molecule has 0 heterocycles. The standard InChI is InChI=1S/C30H46N2O4/c33-29(35-15-19-11-17-13-27(19)25-5-1-3-23(17)25)31-21-7-9-22(10-8-21)32-30(34)36-16-20-12-18-14-28(20)26-6-2-4-24(18)26/h17-28H,1-16H2,(H,31,33)(H,32,34). The van der Waals surface area contributed by atoms with Crippen LogP contribution in [0.5, 0.6) is 0 Å². The quantitative estimate of drug-likeness (QED) is 0.478. The first-order valence-corrected chi connectivity index (χ1v) is 15.5. The van der Waals surface area contributed by atoms with Crippen LogP contribution in [-0.4, -0.2) is 37.5 Å². The summed E-state index contributed by atoms with van der Waals surface area (Å²) in [5.74, 6) is 8.40. The summed E-state index contributed by atoms with van der Waals surface area (Å²) in [5.41, 5.74) is 0. The van der Waals surface area contributed by atoms with E-state index >= 15 is 0 Å².